The van der Waals surface area contributed by atoms with E-state index in [1.807, 2.05) is 6.92 Å². The van der Waals surface area contributed by atoms with Crippen LogP contribution in [0.25, 0.3) is 0 Å². The van der Waals surface area contributed by atoms with Gasteiger partial charge in [0.05, 0.1) is 12.2 Å². The molecule has 0 aromatic heterocycles. The zero-order valence-corrected chi connectivity index (χ0v) is 12.5. The molecule has 2 aromatic rings. The molecule has 0 radical (unpaired) electrons. The SMILES string of the molecule is CCOc1ccc(OC(=O)c2ccc(OC(C)O)cc2)cc1. The third-order valence-corrected chi connectivity index (χ3v) is 2.74. The topological polar surface area (TPSA) is 65.0 Å². The Labute approximate surface area is 129 Å². The molecular weight excluding hydrogens is 284 g/mol. The maximum absolute atomic E-state index is 12.0. The predicted octanol–water partition coefficient (Wildman–Crippen LogP) is 3.02. The lowest BCUT2D eigenvalue weighted by molar-refractivity contribution is -0.000292. The summed E-state index contributed by atoms with van der Waals surface area (Å²) in [5, 5.41) is 9.12. The van der Waals surface area contributed by atoms with E-state index in [4.69, 9.17) is 19.3 Å². The van der Waals surface area contributed by atoms with Gasteiger partial charge in [0, 0.05) is 0 Å². The summed E-state index contributed by atoms with van der Waals surface area (Å²) in [7, 11) is 0. The first-order valence-electron chi connectivity index (χ1n) is 6.98. The second-order valence-corrected chi connectivity index (χ2v) is 4.54. The van der Waals surface area contributed by atoms with Crippen molar-refractivity contribution in [2.75, 3.05) is 6.61 Å². The van der Waals surface area contributed by atoms with Gasteiger partial charge in [-0.1, -0.05) is 0 Å². The van der Waals surface area contributed by atoms with Gasteiger partial charge < -0.3 is 19.3 Å². The molecule has 0 aliphatic heterocycles. The molecule has 0 spiro atoms. The van der Waals surface area contributed by atoms with Gasteiger partial charge in [0.2, 0.25) is 0 Å². The van der Waals surface area contributed by atoms with Crippen molar-refractivity contribution in [2.24, 2.45) is 0 Å². The van der Waals surface area contributed by atoms with Crippen molar-refractivity contribution < 1.29 is 24.1 Å². The number of aliphatic hydroxyl groups is 1. The molecule has 116 valence electrons. The van der Waals surface area contributed by atoms with Crippen molar-refractivity contribution in [3.63, 3.8) is 0 Å². The molecule has 0 bridgehead atoms. The summed E-state index contributed by atoms with van der Waals surface area (Å²) in [6.07, 6.45) is -0.901. The van der Waals surface area contributed by atoms with Crippen LogP contribution in [-0.2, 0) is 0 Å². The van der Waals surface area contributed by atoms with E-state index in [1.165, 1.54) is 6.92 Å². The fourth-order valence-electron chi connectivity index (χ4n) is 1.80. The van der Waals surface area contributed by atoms with Gasteiger partial charge in [-0.25, -0.2) is 4.79 Å². The predicted molar refractivity (Wildman–Crippen MR) is 81.3 cm³/mol. The smallest absolute Gasteiger partial charge is 0.343 e. The molecule has 0 heterocycles. The van der Waals surface area contributed by atoms with E-state index in [9.17, 15) is 4.79 Å². The fraction of sp³-hybridized carbons (Fsp3) is 0.235. The Morgan fingerprint density at radius 3 is 2.09 bits per heavy atom. The molecule has 5 nitrogen and oxygen atoms in total. The molecule has 5 heteroatoms. The van der Waals surface area contributed by atoms with Crippen LogP contribution in [0.5, 0.6) is 17.2 Å². The lowest BCUT2D eigenvalue weighted by atomic mass is 10.2. The quantitative estimate of drug-likeness (QED) is 0.505. The third-order valence-electron chi connectivity index (χ3n) is 2.74. The highest BCUT2D eigenvalue weighted by atomic mass is 16.6. The normalized spacial score (nSPS) is 11.6. The minimum absolute atomic E-state index is 0.395. The van der Waals surface area contributed by atoms with Gasteiger partial charge in [0.1, 0.15) is 17.2 Å². The van der Waals surface area contributed by atoms with E-state index >= 15 is 0 Å². The molecule has 0 fully saturated rings. The first kappa shape index (κ1) is 15.9. The fourth-order valence-corrected chi connectivity index (χ4v) is 1.80. The average molecular weight is 302 g/mol. The summed E-state index contributed by atoms with van der Waals surface area (Å²) >= 11 is 0. The number of aliphatic hydroxyl groups excluding tert-OH is 1. The molecule has 1 N–H and O–H groups in total. The van der Waals surface area contributed by atoms with E-state index in [2.05, 4.69) is 0 Å². The van der Waals surface area contributed by atoms with Crippen LogP contribution < -0.4 is 14.2 Å². The first-order valence-corrected chi connectivity index (χ1v) is 6.98. The van der Waals surface area contributed by atoms with E-state index < -0.39 is 12.3 Å². The molecule has 2 aromatic carbocycles. The van der Waals surface area contributed by atoms with Crippen LogP contribution in [0.3, 0.4) is 0 Å². The Bertz CT molecular complexity index is 602. The van der Waals surface area contributed by atoms with Crippen molar-refractivity contribution in [1.82, 2.24) is 0 Å². The number of esters is 1. The molecular formula is C17H18O5. The number of rotatable bonds is 6. The Hall–Kier alpha value is -2.53. The van der Waals surface area contributed by atoms with E-state index in [-0.39, 0.29) is 0 Å². The summed E-state index contributed by atoms with van der Waals surface area (Å²) in [6.45, 7) is 3.99. The van der Waals surface area contributed by atoms with Crippen LogP contribution in [0.2, 0.25) is 0 Å². The van der Waals surface area contributed by atoms with Crippen molar-refractivity contribution in [2.45, 2.75) is 20.1 Å². The van der Waals surface area contributed by atoms with Gasteiger partial charge in [0.15, 0.2) is 6.29 Å². The van der Waals surface area contributed by atoms with Gasteiger partial charge >= 0.3 is 5.97 Å². The maximum Gasteiger partial charge on any atom is 0.343 e. The highest BCUT2D eigenvalue weighted by Gasteiger charge is 2.09. The molecule has 0 aliphatic rings. The highest BCUT2D eigenvalue weighted by Crippen LogP contribution is 2.19. The molecule has 0 aliphatic carbocycles. The molecule has 0 amide bonds. The number of benzene rings is 2. The lowest BCUT2D eigenvalue weighted by Crippen LogP contribution is -2.11. The molecule has 0 saturated carbocycles. The molecule has 1 atom stereocenters. The van der Waals surface area contributed by atoms with Crippen LogP contribution >= 0.6 is 0 Å². The van der Waals surface area contributed by atoms with Gasteiger partial charge in [-0.05, 0) is 62.4 Å². The van der Waals surface area contributed by atoms with Gasteiger partial charge in [-0.2, -0.15) is 0 Å². The third kappa shape index (κ3) is 4.49. The Morgan fingerprint density at radius 2 is 1.55 bits per heavy atom. The zero-order chi connectivity index (χ0) is 15.9. The van der Waals surface area contributed by atoms with E-state index in [0.29, 0.717) is 23.7 Å². The molecule has 22 heavy (non-hydrogen) atoms. The van der Waals surface area contributed by atoms with Crippen molar-refractivity contribution in [3.05, 3.63) is 54.1 Å². The number of hydrogen-bond donors (Lipinski definition) is 1. The summed E-state index contributed by atoms with van der Waals surface area (Å²) in [5.74, 6) is 1.18. The molecule has 1 unspecified atom stereocenters. The highest BCUT2D eigenvalue weighted by molar-refractivity contribution is 5.91. The summed E-state index contributed by atoms with van der Waals surface area (Å²) < 4.78 is 15.7. The van der Waals surface area contributed by atoms with Crippen LogP contribution in [0.1, 0.15) is 24.2 Å². The Kier molecular flexibility index (Phi) is 5.38. The molecule has 0 saturated heterocycles. The lowest BCUT2D eigenvalue weighted by Gasteiger charge is -2.09. The number of carbonyl (C=O) groups excluding carboxylic acids is 1. The molecule has 2 rings (SSSR count). The Balaban J connectivity index is 1.99. The largest absolute Gasteiger partial charge is 0.494 e. The standard InChI is InChI=1S/C17H18O5/c1-3-20-14-8-10-16(11-9-14)22-17(19)13-4-6-15(7-5-13)21-12(2)18/h4-12,18H,3H2,1-2H3. The summed E-state index contributed by atoms with van der Waals surface area (Å²) in [6, 6.07) is 13.2. The van der Waals surface area contributed by atoms with Gasteiger partial charge in [-0.15, -0.1) is 0 Å². The van der Waals surface area contributed by atoms with E-state index in [1.54, 1.807) is 48.5 Å². The zero-order valence-electron chi connectivity index (χ0n) is 12.5. The van der Waals surface area contributed by atoms with Crippen LogP contribution in [-0.4, -0.2) is 24.0 Å². The minimum atomic E-state index is -0.901. The summed E-state index contributed by atoms with van der Waals surface area (Å²) in [4.78, 5) is 12.0. The average Bonchev–Trinajstić information content (AvgIpc) is 2.49. The van der Waals surface area contributed by atoms with Crippen LogP contribution in [0, 0.1) is 0 Å². The second-order valence-electron chi connectivity index (χ2n) is 4.54. The Morgan fingerprint density at radius 1 is 1.00 bits per heavy atom. The van der Waals surface area contributed by atoms with Gasteiger partial charge in [-0.3, -0.25) is 0 Å². The maximum atomic E-state index is 12.0. The van der Waals surface area contributed by atoms with Crippen molar-refractivity contribution >= 4 is 5.97 Å². The second kappa shape index (κ2) is 7.47. The van der Waals surface area contributed by atoms with Crippen LogP contribution in [0.4, 0.5) is 0 Å². The van der Waals surface area contributed by atoms with Crippen molar-refractivity contribution in [3.8, 4) is 17.2 Å². The van der Waals surface area contributed by atoms with E-state index in [0.717, 1.165) is 5.75 Å². The first-order chi connectivity index (χ1) is 10.6. The van der Waals surface area contributed by atoms with Gasteiger partial charge in [0.25, 0.3) is 0 Å². The van der Waals surface area contributed by atoms with Crippen molar-refractivity contribution in [1.29, 1.82) is 0 Å². The number of hydrogen-bond acceptors (Lipinski definition) is 5. The van der Waals surface area contributed by atoms with Crippen LogP contribution in [0.15, 0.2) is 48.5 Å². The number of ether oxygens (including phenoxy) is 3. The summed E-state index contributed by atoms with van der Waals surface area (Å²) in [5.41, 5.74) is 0.395. The minimum Gasteiger partial charge on any atom is -0.494 e. The monoisotopic (exact) mass is 302 g/mol. The number of carbonyl (C=O) groups is 1.